The maximum atomic E-state index is 13.0. The maximum Gasteiger partial charge on any atom is 0.328 e. The molecule has 0 fully saturated rings. The van der Waals surface area contributed by atoms with Gasteiger partial charge in [0, 0.05) is 51.5 Å². The van der Waals surface area contributed by atoms with Crippen LogP contribution < -0.4 is 43.1 Å². The number of nitrogens with one attached hydrogen (secondary N) is 6. The summed E-state index contributed by atoms with van der Waals surface area (Å²) in [5.41, 5.74) is 15.4. The summed E-state index contributed by atoms with van der Waals surface area (Å²) in [5.74, 6) is -0.714. The van der Waals surface area contributed by atoms with E-state index >= 15 is 0 Å². The third-order valence-electron chi connectivity index (χ3n) is 9.01. The fourth-order valence-corrected chi connectivity index (χ4v) is 5.89. The topological polar surface area (TPSA) is 223 Å². The van der Waals surface area contributed by atoms with Crippen LogP contribution in [0.15, 0.2) is 41.0 Å². The van der Waals surface area contributed by atoms with E-state index in [-0.39, 0.29) is 67.8 Å². The molecule has 1 aliphatic heterocycles. The van der Waals surface area contributed by atoms with E-state index in [1.54, 1.807) is 7.11 Å². The van der Waals surface area contributed by atoms with E-state index in [0.29, 0.717) is 30.7 Å². The van der Waals surface area contributed by atoms with Gasteiger partial charge in [0.15, 0.2) is 11.5 Å². The number of H-pyrrole nitrogens is 1. The molecule has 3 aromatic rings. The van der Waals surface area contributed by atoms with Crippen LogP contribution in [-0.2, 0) is 32.2 Å². The highest BCUT2D eigenvalue weighted by Gasteiger charge is 2.22. The number of rotatable bonds is 25. The monoisotopic (exact) mass is 751 g/mol. The van der Waals surface area contributed by atoms with Crippen molar-refractivity contribution < 1.29 is 23.9 Å². The van der Waals surface area contributed by atoms with Crippen molar-refractivity contribution in [2.45, 2.75) is 104 Å². The highest BCUT2D eigenvalue weighted by Crippen LogP contribution is 2.19. The van der Waals surface area contributed by atoms with E-state index in [1.807, 2.05) is 30.5 Å². The van der Waals surface area contributed by atoms with Gasteiger partial charge < -0.3 is 41.6 Å². The first kappa shape index (κ1) is 41.6. The Kier molecular flexibility index (Phi) is 17.1. The molecule has 1 aliphatic rings. The molecular formula is C37H57N11O6. The summed E-state index contributed by atoms with van der Waals surface area (Å²) in [5, 5.41) is 10.8. The number of fused-ring (bicyclic) bond motifs is 1. The number of carbonyl (C=O) groups excluding carboxylic acids is 3. The van der Waals surface area contributed by atoms with E-state index < -0.39 is 6.04 Å². The molecule has 0 saturated carbocycles. The third-order valence-corrected chi connectivity index (χ3v) is 9.01. The molecule has 54 heavy (non-hydrogen) atoms. The molecule has 296 valence electrons. The van der Waals surface area contributed by atoms with Gasteiger partial charge in [0.25, 0.3) is 0 Å². The average Bonchev–Trinajstić information content (AvgIpc) is 3.75. The van der Waals surface area contributed by atoms with Gasteiger partial charge in [-0.3, -0.25) is 24.0 Å². The van der Waals surface area contributed by atoms with Crippen LogP contribution in [0.25, 0.3) is 11.2 Å². The van der Waals surface area contributed by atoms with E-state index in [2.05, 4.69) is 60.7 Å². The molecule has 8 N–H and O–H groups in total. The molecule has 1 aromatic carbocycles. The number of allylic oxidation sites excluding steroid dienone is 1. The summed E-state index contributed by atoms with van der Waals surface area (Å²) >= 11 is 0. The minimum Gasteiger partial charge on any atom is -0.461 e. The van der Waals surface area contributed by atoms with Gasteiger partial charge in [-0.25, -0.2) is 4.79 Å². The lowest BCUT2D eigenvalue weighted by Gasteiger charge is -2.22. The second-order valence-corrected chi connectivity index (χ2v) is 13.3. The molecule has 0 spiro atoms. The highest BCUT2D eigenvalue weighted by atomic mass is 16.5. The Morgan fingerprint density at radius 3 is 2.44 bits per heavy atom. The van der Waals surface area contributed by atoms with E-state index in [1.165, 1.54) is 16.7 Å². The van der Waals surface area contributed by atoms with Crippen LogP contribution >= 0.6 is 0 Å². The van der Waals surface area contributed by atoms with Crippen molar-refractivity contribution in [2.75, 3.05) is 39.1 Å². The molecule has 17 heteroatoms. The lowest BCUT2D eigenvalue weighted by atomic mass is 10.1. The Hall–Kier alpha value is -5.16. The second kappa shape index (κ2) is 22.1. The summed E-state index contributed by atoms with van der Waals surface area (Å²) in [4.78, 5) is 62.4. The summed E-state index contributed by atoms with van der Waals surface area (Å²) in [6.07, 6.45) is 10.2. The standard InChI is InChI=1S/C37H57N11O6/c1-4-6-10-20-48-28(24-41-46-48)11-8-9-12-29(35(51)39-19-7-5-2)42-31(50)18-17-30(49)40-23-26-13-15-27(16-14-26)25-47-34-32(43-37(47)52)33(38)44-36(45-34)54-22-21-53-3/h13-16,24,29,41,46H,4-12,17-23,25H2,1-3H3,(H,39,51)(H,40,49)(H,42,50)(H,43,52)(H2,38,44,45). The molecule has 0 bridgehead atoms. The number of hydrogen-bond acceptors (Lipinski definition) is 12. The summed E-state index contributed by atoms with van der Waals surface area (Å²) < 4.78 is 11.9. The number of hydrazine groups is 2. The Labute approximate surface area is 316 Å². The lowest BCUT2D eigenvalue weighted by Crippen LogP contribution is -2.47. The van der Waals surface area contributed by atoms with Gasteiger partial charge in [-0.15, -0.1) is 5.53 Å². The number of hydrogen-bond donors (Lipinski definition) is 7. The number of carbonyl (C=O) groups is 3. The lowest BCUT2D eigenvalue weighted by molar-refractivity contribution is -0.130. The number of imidazole rings is 1. The number of anilines is 1. The minimum absolute atomic E-state index is 0.0122. The molecular weight excluding hydrogens is 694 g/mol. The van der Waals surface area contributed by atoms with Gasteiger partial charge in [0.05, 0.1) is 13.2 Å². The molecule has 3 heterocycles. The molecule has 1 atom stereocenters. The molecule has 17 nitrogen and oxygen atoms in total. The van der Waals surface area contributed by atoms with Crippen molar-refractivity contribution in [3.8, 4) is 6.01 Å². The average molecular weight is 752 g/mol. The van der Waals surface area contributed by atoms with Gasteiger partial charge >= 0.3 is 11.7 Å². The van der Waals surface area contributed by atoms with E-state index in [0.717, 1.165) is 62.6 Å². The first-order chi connectivity index (χ1) is 26.2. The summed E-state index contributed by atoms with van der Waals surface area (Å²) in [6, 6.07) is 6.81. The zero-order valence-corrected chi connectivity index (χ0v) is 31.8. The molecule has 0 saturated heterocycles. The number of aromatic nitrogens is 4. The SMILES string of the molecule is CCCCCN1NNC=C1CCCCC(NC(=O)CCC(=O)NCc1ccc(Cn2c(=O)[nH]c3c(N)nc(OCCOC)nc32)cc1)C(=O)NCCCC. The number of nitrogens with zero attached hydrogens (tertiary/aromatic N) is 4. The normalized spacial score (nSPS) is 13.0. The predicted molar refractivity (Wildman–Crippen MR) is 205 cm³/mol. The first-order valence-corrected chi connectivity index (χ1v) is 19.0. The van der Waals surface area contributed by atoms with Crippen LogP contribution in [0.1, 0.15) is 95.6 Å². The number of benzene rings is 1. The largest absolute Gasteiger partial charge is 0.461 e. The fraction of sp³-hybridized carbons (Fsp3) is 0.568. The van der Waals surface area contributed by atoms with Crippen molar-refractivity contribution in [3.05, 3.63) is 57.8 Å². The molecule has 4 rings (SSSR count). The van der Waals surface area contributed by atoms with Gasteiger partial charge in [-0.2, -0.15) is 9.97 Å². The van der Waals surface area contributed by atoms with Crippen molar-refractivity contribution in [2.24, 2.45) is 0 Å². The van der Waals surface area contributed by atoms with Gasteiger partial charge in [-0.1, -0.05) is 63.8 Å². The Morgan fingerprint density at radius 2 is 1.69 bits per heavy atom. The quantitative estimate of drug-likeness (QED) is 0.0621. The van der Waals surface area contributed by atoms with Crippen LogP contribution in [0.2, 0.25) is 0 Å². The van der Waals surface area contributed by atoms with Gasteiger partial charge in [0.2, 0.25) is 17.7 Å². The summed E-state index contributed by atoms with van der Waals surface area (Å²) in [6.45, 7) is 6.79. The zero-order chi connectivity index (χ0) is 38.7. The van der Waals surface area contributed by atoms with E-state index in [4.69, 9.17) is 15.2 Å². The number of unbranched alkanes of at least 4 members (excludes halogenated alkanes) is 4. The number of nitrogen functional groups attached to an aromatic ring is 1. The van der Waals surface area contributed by atoms with Crippen LogP contribution in [0.5, 0.6) is 6.01 Å². The Bertz CT molecular complexity index is 1740. The molecule has 0 radical (unpaired) electrons. The molecule has 2 aromatic heterocycles. The second-order valence-electron chi connectivity index (χ2n) is 13.3. The molecule has 0 aliphatic carbocycles. The zero-order valence-electron chi connectivity index (χ0n) is 31.8. The number of amides is 3. The molecule has 3 amide bonds. The van der Waals surface area contributed by atoms with Crippen molar-refractivity contribution >= 4 is 34.7 Å². The van der Waals surface area contributed by atoms with Gasteiger partial charge in [0.1, 0.15) is 18.2 Å². The van der Waals surface area contributed by atoms with Crippen LogP contribution in [-0.4, -0.2) is 81.7 Å². The molecule has 1 unspecified atom stereocenters. The number of methoxy groups -OCH3 is 1. The van der Waals surface area contributed by atoms with Crippen LogP contribution in [0.4, 0.5) is 5.82 Å². The Morgan fingerprint density at radius 1 is 0.926 bits per heavy atom. The smallest absolute Gasteiger partial charge is 0.328 e. The number of nitrogens with two attached hydrogens (primary N) is 1. The highest BCUT2D eigenvalue weighted by molar-refractivity contribution is 5.89. The third kappa shape index (κ3) is 13.1. The fourth-order valence-electron chi connectivity index (χ4n) is 5.89. The summed E-state index contributed by atoms with van der Waals surface area (Å²) in [7, 11) is 1.55. The van der Waals surface area contributed by atoms with Crippen LogP contribution in [0.3, 0.4) is 0 Å². The number of aromatic amines is 1. The Balaban J connectivity index is 1.22. The van der Waals surface area contributed by atoms with Gasteiger partial charge in [-0.05, 0) is 43.2 Å². The minimum atomic E-state index is -0.661. The number of ether oxygens (including phenoxy) is 2. The van der Waals surface area contributed by atoms with Crippen molar-refractivity contribution in [3.63, 3.8) is 0 Å². The van der Waals surface area contributed by atoms with Crippen LogP contribution in [0, 0.1) is 0 Å². The maximum absolute atomic E-state index is 13.0. The van der Waals surface area contributed by atoms with Crippen molar-refractivity contribution in [1.29, 1.82) is 0 Å². The first-order valence-electron chi connectivity index (χ1n) is 19.0. The van der Waals surface area contributed by atoms with Crippen molar-refractivity contribution in [1.82, 2.24) is 51.4 Å². The van der Waals surface area contributed by atoms with E-state index in [9.17, 15) is 19.2 Å². The predicted octanol–water partition coefficient (Wildman–Crippen LogP) is 2.49.